The highest BCUT2D eigenvalue weighted by Gasteiger charge is 2.17. The Bertz CT molecular complexity index is 695. The van der Waals surface area contributed by atoms with Crippen LogP contribution < -0.4 is 0 Å². The summed E-state index contributed by atoms with van der Waals surface area (Å²) in [4.78, 5) is 0. The van der Waals surface area contributed by atoms with Crippen LogP contribution in [0.15, 0.2) is 60.9 Å². The van der Waals surface area contributed by atoms with Gasteiger partial charge < -0.3 is 5.11 Å². The molecule has 1 unspecified atom stereocenters. The Morgan fingerprint density at radius 3 is 2.40 bits per heavy atom. The molecule has 1 aromatic heterocycles. The molecular formula is C15H12ClN3O. The van der Waals surface area contributed by atoms with Crippen molar-refractivity contribution in [2.75, 3.05) is 0 Å². The van der Waals surface area contributed by atoms with Crippen LogP contribution in [0, 0.1) is 0 Å². The van der Waals surface area contributed by atoms with E-state index in [1.165, 1.54) is 0 Å². The van der Waals surface area contributed by atoms with Crippen LogP contribution in [0.2, 0.25) is 5.02 Å². The van der Waals surface area contributed by atoms with Gasteiger partial charge in [0.1, 0.15) is 12.4 Å². The molecule has 0 aliphatic heterocycles. The highest BCUT2D eigenvalue weighted by atomic mass is 35.5. The Morgan fingerprint density at radius 2 is 1.70 bits per heavy atom. The fraction of sp³-hybridized carbons (Fsp3) is 0.0667. The van der Waals surface area contributed by atoms with Gasteiger partial charge in [-0.05, 0) is 29.8 Å². The average molecular weight is 286 g/mol. The Labute approximate surface area is 121 Å². The first kappa shape index (κ1) is 12.8. The van der Waals surface area contributed by atoms with Gasteiger partial charge in [-0.2, -0.15) is 0 Å². The third-order valence-electron chi connectivity index (χ3n) is 3.04. The maximum absolute atomic E-state index is 10.4. The molecule has 3 aromatic rings. The fourth-order valence-corrected chi connectivity index (χ4v) is 2.14. The van der Waals surface area contributed by atoms with Crippen LogP contribution in [0.3, 0.4) is 0 Å². The second-order valence-electron chi connectivity index (χ2n) is 4.35. The molecule has 1 N–H and O–H groups in total. The van der Waals surface area contributed by atoms with E-state index in [-0.39, 0.29) is 0 Å². The van der Waals surface area contributed by atoms with Gasteiger partial charge in [0.05, 0.1) is 0 Å². The molecular weight excluding hydrogens is 274 g/mol. The van der Waals surface area contributed by atoms with Gasteiger partial charge in [-0.15, -0.1) is 10.2 Å². The Hall–Kier alpha value is -2.17. The number of nitrogens with zero attached hydrogens (tertiary/aromatic N) is 3. The molecule has 4 nitrogen and oxygen atoms in total. The zero-order valence-electron chi connectivity index (χ0n) is 10.5. The molecule has 0 radical (unpaired) electrons. The fourth-order valence-electron chi connectivity index (χ4n) is 2.02. The number of aromatic nitrogens is 3. The van der Waals surface area contributed by atoms with Crippen LogP contribution in [0.5, 0.6) is 0 Å². The van der Waals surface area contributed by atoms with E-state index in [0.29, 0.717) is 10.8 Å². The van der Waals surface area contributed by atoms with Gasteiger partial charge in [0.2, 0.25) is 0 Å². The van der Waals surface area contributed by atoms with Crippen LogP contribution in [0.4, 0.5) is 0 Å². The monoisotopic (exact) mass is 285 g/mol. The van der Waals surface area contributed by atoms with Gasteiger partial charge in [0.15, 0.2) is 5.82 Å². The third kappa shape index (κ3) is 2.43. The predicted molar refractivity (Wildman–Crippen MR) is 76.9 cm³/mol. The Morgan fingerprint density at radius 1 is 1.00 bits per heavy atom. The van der Waals surface area contributed by atoms with Crippen molar-refractivity contribution in [2.45, 2.75) is 6.10 Å². The molecule has 0 bridgehead atoms. The minimum absolute atomic E-state index is 0.471. The van der Waals surface area contributed by atoms with Crippen molar-refractivity contribution < 1.29 is 5.11 Å². The van der Waals surface area contributed by atoms with Gasteiger partial charge >= 0.3 is 0 Å². The molecule has 2 aromatic carbocycles. The highest BCUT2D eigenvalue weighted by molar-refractivity contribution is 6.30. The lowest BCUT2D eigenvalue weighted by molar-refractivity contribution is 0.207. The van der Waals surface area contributed by atoms with Crippen molar-refractivity contribution in [1.29, 1.82) is 0 Å². The lowest BCUT2D eigenvalue weighted by atomic mass is 10.1. The standard InChI is InChI=1S/C15H12ClN3O/c16-12-6-8-13(9-7-12)19-10-17-18-15(19)14(20)11-4-2-1-3-5-11/h1-10,14,20H. The van der Waals surface area contributed by atoms with Crippen LogP contribution >= 0.6 is 11.6 Å². The lowest BCUT2D eigenvalue weighted by Gasteiger charge is -2.12. The molecule has 5 heteroatoms. The second kappa shape index (κ2) is 5.45. The molecule has 0 saturated heterocycles. The summed E-state index contributed by atoms with van der Waals surface area (Å²) in [6.45, 7) is 0. The van der Waals surface area contributed by atoms with Gasteiger partial charge in [0, 0.05) is 10.7 Å². The minimum atomic E-state index is -0.825. The molecule has 0 aliphatic carbocycles. The topological polar surface area (TPSA) is 50.9 Å². The maximum atomic E-state index is 10.4. The molecule has 0 saturated carbocycles. The van der Waals surface area contributed by atoms with Crippen molar-refractivity contribution in [3.05, 3.63) is 77.3 Å². The predicted octanol–water partition coefficient (Wildman–Crippen LogP) is 3.00. The van der Waals surface area contributed by atoms with Crippen LogP contribution in [0.1, 0.15) is 17.5 Å². The highest BCUT2D eigenvalue weighted by Crippen LogP contribution is 2.22. The first-order chi connectivity index (χ1) is 9.75. The van der Waals surface area contributed by atoms with Gasteiger partial charge in [-0.3, -0.25) is 4.57 Å². The molecule has 0 aliphatic rings. The van der Waals surface area contributed by atoms with E-state index in [1.54, 1.807) is 23.0 Å². The summed E-state index contributed by atoms with van der Waals surface area (Å²) in [5.74, 6) is 0.471. The van der Waals surface area contributed by atoms with Crippen molar-refractivity contribution in [1.82, 2.24) is 14.8 Å². The van der Waals surface area contributed by atoms with E-state index in [0.717, 1.165) is 11.3 Å². The number of aliphatic hydroxyl groups excluding tert-OH is 1. The summed E-state index contributed by atoms with van der Waals surface area (Å²) in [5.41, 5.74) is 1.63. The van der Waals surface area contributed by atoms with Gasteiger partial charge in [-0.1, -0.05) is 41.9 Å². The molecule has 0 amide bonds. The normalized spacial score (nSPS) is 12.3. The van der Waals surface area contributed by atoms with E-state index in [1.807, 2.05) is 42.5 Å². The smallest absolute Gasteiger partial charge is 0.170 e. The van der Waals surface area contributed by atoms with Crippen molar-refractivity contribution in [3.63, 3.8) is 0 Å². The molecule has 3 rings (SSSR count). The summed E-state index contributed by atoms with van der Waals surface area (Å²) < 4.78 is 1.74. The average Bonchev–Trinajstić information content (AvgIpc) is 2.97. The van der Waals surface area contributed by atoms with E-state index in [4.69, 9.17) is 11.6 Å². The van der Waals surface area contributed by atoms with Crippen LogP contribution in [0.25, 0.3) is 5.69 Å². The first-order valence-corrected chi connectivity index (χ1v) is 6.52. The molecule has 1 heterocycles. The zero-order valence-corrected chi connectivity index (χ0v) is 11.3. The molecule has 0 spiro atoms. The van der Waals surface area contributed by atoms with Crippen molar-refractivity contribution in [2.24, 2.45) is 0 Å². The van der Waals surface area contributed by atoms with E-state index in [2.05, 4.69) is 10.2 Å². The van der Waals surface area contributed by atoms with E-state index in [9.17, 15) is 5.11 Å². The minimum Gasteiger partial charge on any atom is -0.380 e. The number of hydrogen-bond acceptors (Lipinski definition) is 3. The Kier molecular flexibility index (Phi) is 3.50. The number of aliphatic hydroxyl groups is 1. The lowest BCUT2D eigenvalue weighted by Crippen LogP contribution is -2.08. The summed E-state index contributed by atoms with van der Waals surface area (Å²) in [6.07, 6.45) is 0.749. The summed E-state index contributed by atoms with van der Waals surface area (Å²) >= 11 is 5.88. The molecule has 1 atom stereocenters. The van der Waals surface area contributed by atoms with Crippen molar-refractivity contribution in [3.8, 4) is 5.69 Å². The van der Waals surface area contributed by atoms with Gasteiger partial charge in [0.25, 0.3) is 0 Å². The van der Waals surface area contributed by atoms with Crippen molar-refractivity contribution >= 4 is 11.6 Å². The van der Waals surface area contributed by atoms with Crippen LogP contribution in [-0.2, 0) is 0 Å². The second-order valence-corrected chi connectivity index (χ2v) is 4.79. The first-order valence-electron chi connectivity index (χ1n) is 6.14. The SMILES string of the molecule is OC(c1ccccc1)c1nncn1-c1ccc(Cl)cc1. The molecule has 0 fully saturated rings. The third-order valence-corrected chi connectivity index (χ3v) is 3.29. The number of halogens is 1. The number of benzene rings is 2. The zero-order chi connectivity index (χ0) is 13.9. The quantitative estimate of drug-likeness (QED) is 0.805. The van der Waals surface area contributed by atoms with E-state index >= 15 is 0 Å². The maximum Gasteiger partial charge on any atom is 0.170 e. The largest absolute Gasteiger partial charge is 0.380 e. The number of rotatable bonds is 3. The summed E-state index contributed by atoms with van der Waals surface area (Å²) in [6, 6.07) is 16.6. The Balaban J connectivity index is 2.00. The molecule has 100 valence electrons. The van der Waals surface area contributed by atoms with Gasteiger partial charge in [-0.25, -0.2) is 0 Å². The number of hydrogen-bond donors (Lipinski definition) is 1. The summed E-state index contributed by atoms with van der Waals surface area (Å²) in [5, 5.41) is 19.0. The molecule has 20 heavy (non-hydrogen) atoms. The summed E-state index contributed by atoms with van der Waals surface area (Å²) in [7, 11) is 0. The van der Waals surface area contributed by atoms with Crippen LogP contribution in [-0.4, -0.2) is 19.9 Å². The van der Waals surface area contributed by atoms with E-state index < -0.39 is 6.10 Å².